The van der Waals surface area contributed by atoms with Crippen LogP contribution >= 0.6 is 0 Å². The first kappa shape index (κ1) is 15.3. The summed E-state index contributed by atoms with van der Waals surface area (Å²) in [6.45, 7) is 1.87. The molecule has 0 radical (unpaired) electrons. The number of amides is 2. The van der Waals surface area contributed by atoms with E-state index in [4.69, 9.17) is 0 Å². The van der Waals surface area contributed by atoms with E-state index in [1.807, 2.05) is 0 Å². The number of rotatable bonds is 2. The van der Waals surface area contributed by atoms with Gasteiger partial charge in [0.25, 0.3) is 5.91 Å². The first-order valence-electron chi connectivity index (χ1n) is 6.44. The Balaban J connectivity index is 2.01. The fraction of sp³-hybridized carbons (Fsp3) is 0.462. The number of carbonyl (C=O) groups excluding carboxylic acids is 2. The van der Waals surface area contributed by atoms with E-state index in [9.17, 15) is 23.5 Å². The fourth-order valence-corrected chi connectivity index (χ4v) is 2.20. The van der Waals surface area contributed by atoms with Crippen LogP contribution in [-0.4, -0.2) is 52.0 Å². The Morgan fingerprint density at radius 1 is 1.48 bits per heavy atom. The van der Waals surface area contributed by atoms with Crippen LogP contribution in [0.2, 0.25) is 0 Å². The number of hydrogen-bond acceptors (Lipinski definition) is 4. The molecule has 1 aliphatic rings. The normalized spacial score (nSPS) is 22.0. The molecule has 1 saturated heterocycles. The van der Waals surface area contributed by atoms with Crippen LogP contribution in [0.15, 0.2) is 12.3 Å². The summed E-state index contributed by atoms with van der Waals surface area (Å²) in [4.78, 5) is 27.9. The highest BCUT2D eigenvalue weighted by Crippen LogP contribution is 2.13. The van der Waals surface area contributed by atoms with Crippen molar-refractivity contribution in [3.63, 3.8) is 0 Å². The smallest absolute Gasteiger partial charge is 0.273 e. The lowest BCUT2D eigenvalue weighted by molar-refractivity contribution is -0.132. The lowest BCUT2D eigenvalue weighted by atomic mass is 10.0. The summed E-state index contributed by atoms with van der Waals surface area (Å²) in [6.07, 6.45) is 0.136. The Hall–Kier alpha value is -2.09. The third kappa shape index (κ3) is 3.52. The molecule has 21 heavy (non-hydrogen) atoms. The summed E-state index contributed by atoms with van der Waals surface area (Å²) in [7, 11) is 0. The standard InChI is InChI=1S/C13H15F2N3O3/c1-7(19)18-3-2-10(11(20)6-18)17-13(21)12-9(15)4-8(14)5-16-12/h4-5,10-11,20H,2-3,6H2,1H3,(H,17,21)/t10-,11-/m1/s1. The largest absolute Gasteiger partial charge is 0.389 e. The maximum Gasteiger partial charge on any atom is 0.273 e. The molecule has 0 aliphatic carbocycles. The minimum absolute atomic E-state index is 0.0968. The van der Waals surface area contributed by atoms with E-state index in [-0.39, 0.29) is 12.5 Å². The Morgan fingerprint density at radius 3 is 2.76 bits per heavy atom. The second-order valence-electron chi connectivity index (χ2n) is 4.88. The minimum Gasteiger partial charge on any atom is -0.389 e. The zero-order chi connectivity index (χ0) is 15.6. The number of nitrogens with zero attached hydrogens (tertiary/aromatic N) is 2. The van der Waals surface area contributed by atoms with Crippen LogP contribution in [-0.2, 0) is 4.79 Å². The van der Waals surface area contributed by atoms with Crippen molar-refractivity contribution >= 4 is 11.8 Å². The van der Waals surface area contributed by atoms with Crippen molar-refractivity contribution in [2.75, 3.05) is 13.1 Å². The van der Waals surface area contributed by atoms with E-state index < -0.39 is 35.4 Å². The van der Waals surface area contributed by atoms with Crippen molar-refractivity contribution in [3.05, 3.63) is 29.6 Å². The number of pyridine rings is 1. The van der Waals surface area contributed by atoms with Crippen LogP contribution < -0.4 is 5.32 Å². The molecule has 1 aromatic heterocycles. The molecule has 1 aliphatic heterocycles. The van der Waals surface area contributed by atoms with Crippen molar-refractivity contribution < 1.29 is 23.5 Å². The number of aliphatic hydroxyl groups is 1. The molecule has 0 aromatic carbocycles. The molecule has 0 saturated carbocycles. The van der Waals surface area contributed by atoms with Gasteiger partial charge in [-0.15, -0.1) is 0 Å². The van der Waals surface area contributed by atoms with Gasteiger partial charge in [0.1, 0.15) is 5.82 Å². The SMILES string of the molecule is CC(=O)N1CC[C@@H](NC(=O)c2ncc(F)cc2F)[C@H](O)C1. The van der Waals surface area contributed by atoms with Crippen molar-refractivity contribution in [3.8, 4) is 0 Å². The van der Waals surface area contributed by atoms with Gasteiger partial charge in [-0.3, -0.25) is 9.59 Å². The Morgan fingerprint density at radius 2 is 2.19 bits per heavy atom. The van der Waals surface area contributed by atoms with Crippen molar-refractivity contribution in [1.82, 2.24) is 15.2 Å². The van der Waals surface area contributed by atoms with Gasteiger partial charge in [-0.05, 0) is 6.42 Å². The van der Waals surface area contributed by atoms with Crippen LogP contribution in [0, 0.1) is 11.6 Å². The zero-order valence-electron chi connectivity index (χ0n) is 11.3. The third-order valence-electron chi connectivity index (χ3n) is 3.37. The molecule has 2 atom stereocenters. The van der Waals surface area contributed by atoms with E-state index in [0.29, 0.717) is 19.0 Å². The van der Waals surface area contributed by atoms with Crippen LogP contribution in [0.5, 0.6) is 0 Å². The monoisotopic (exact) mass is 299 g/mol. The first-order valence-corrected chi connectivity index (χ1v) is 6.44. The lowest BCUT2D eigenvalue weighted by Gasteiger charge is -2.35. The Labute approximate surface area is 119 Å². The van der Waals surface area contributed by atoms with Gasteiger partial charge in [0.15, 0.2) is 11.5 Å². The van der Waals surface area contributed by atoms with E-state index >= 15 is 0 Å². The highest BCUT2D eigenvalue weighted by molar-refractivity contribution is 5.92. The summed E-state index contributed by atoms with van der Waals surface area (Å²) < 4.78 is 26.2. The number of aromatic nitrogens is 1. The van der Waals surface area contributed by atoms with Gasteiger partial charge in [0.2, 0.25) is 5.91 Å². The summed E-state index contributed by atoms with van der Waals surface area (Å²) in [6, 6.07) is -0.0455. The van der Waals surface area contributed by atoms with E-state index in [0.717, 1.165) is 6.20 Å². The van der Waals surface area contributed by atoms with E-state index in [1.165, 1.54) is 11.8 Å². The molecular weight excluding hydrogens is 284 g/mol. The maximum absolute atomic E-state index is 13.4. The average molecular weight is 299 g/mol. The molecule has 1 fully saturated rings. The Kier molecular flexibility index (Phi) is 4.46. The maximum atomic E-state index is 13.4. The molecule has 114 valence electrons. The number of hydrogen-bond donors (Lipinski definition) is 2. The lowest BCUT2D eigenvalue weighted by Crippen LogP contribution is -2.55. The van der Waals surface area contributed by atoms with Gasteiger partial charge in [-0.25, -0.2) is 13.8 Å². The average Bonchev–Trinajstić information content (AvgIpc) is 2.40. The number of piperidine rings is 1. The summed E-state index contributed by atoms with van der Waals surface area (Å²) in [5, 5.41) is 12.4. The second-order valence-corrected chi connectivity index (χ2v) is 4.88. The van der Waals surface area contributed by atoms with Gasteiger partial charge >= 0.3 is 0 Å². The van der Waals surface area contributed by atoms with Crippen LogP contribution in [0.25, 0.3) is 0 Å². The van der Waals surface area contributed by atoms with Crippen molar-refractivity contribution in [2.24, 2.45) is 0 Å². The van der Waals surface area contributed by atoms with Gasteiger partial charge in [0.05, 0.1) is 18.3 Å². The topological polar surface area (TPSA) is 82.5 Å². The molecule has 8 heteroatoms. The molecule has 2 N–H and O–H groups in total. The van der Waals surface area contributed by atoms with Gasteiger partial charge < -0.3 is 15.3 Å². The Bertz CT molecular complexity index is 568. The van der Waals surface area contributed by atoms with Gasteiger partial charge in [0, 0.05) is 26.1 Å². The number of β-amino-alcohol motifs (C(OH)–C–C–N with tert-alkyl or cyclic N) is 1. The van der Waals surface area contributed by atoms with Crippen molar-refractivity contribution in [1.29, 1.82) is 0 Å². The molecule has 6 nitrogen and oxygen atoms in total. The highest BCUT2D eigenvalue weighted by atomic mass is 19.1. The van der Waals surface area contributed by atoms with Crippen LogP contribution in [0.3, 0.4) is 0 Å². The van der Waals surface area contributed by atoms with Crippen LogP contribution in [0.4, 0.5) is 8.78 Å². The molecule has 0 spiro atoms. The molecule has 2 heterocycles. The quantitative estimate of drug-likeness (QED) is 0.810. The molecule has 1 aromatic rings. The predicted octanol–water partition coefficient (Wildman–Crippen LogP) is 0.0713. The molecular formula is C13H15F2N3O3. The third-order valence-corrected chi connectivity index (χ3v) is 3.37. The second kappa shape index (κ2) is 6.13. The predicted molar refractivity (Wildman–Crippen MR) is 68.3 cm³/mol. The zero-order valence-corrected chi connectivity index (χ0v) is 11.3. The number of nitrogens with one attached hydrogen (secondary N) is 1. The first-order chi connectivity index (χ1) is 9.88. The number of likely N-dealkylation sites (tertiary alicyclic amines) is 1. The molecule has 0 bridgehead atoms. The van der Waals surface area contributed by atoms with E-state index in [1.54, 1.807) is 0 Å². The molecule has 2 amide bonds. The summed E-state index contributed by atoms with van der Waals surface area (Å²) >= 11 is 0. The number of halogens is 2. The minimum atomic E-state index is -1.07. The van der Waals surface area contributed by atoms with Gasteiger partial charge in [-0.1, -0.05) is 0 Å². The van der Waals surface area contributed by atoms with Crippen LogP contribution in [0.1, 0.15) is 23.8 Å². The van der Waals surface area contributed by atoms with E-state index in [2.05, 4.69) is 10.3 Å². The molecule has 0 unspecified atom stereocenters. The fourth-order valence-electron chi connectivity index (χ4n) is 2.20. The van der Waals surface area contributed by atoms with Gasteiger partial charge in [-0.2, -0.15) is 0 Å². The van der Waals surface area contributed by atoms with Crippen molar-refractivity contribution in [2.45, 2.75) is 25.5 Å². The molecule has 2 rings (SSSR count). The highest BCUT2D eigenvalue weighted by Gasteiger charge is 2.30. The summed E-state index contributed by atoms with van der Waals surface area (Å²) in [5.41, 5.74) is -0.530. The number of carbonyl (C=O) groups is 2. The summed E-state index contributed by atoms with van der Waals surface area (Å²) in [5.74, 6) is -2.93. The number of aliphatic hydroxyl groups excluding tert-OH is 1.